The summed E-state index contributed by atoms with van der Waals surface area (Å²) in [6, 6.07) is 9.66. The summed E-state index contributed by atoms with van der Waals surface area (Å²) in [5.74, 6) is 0.273. The summed E-state index contributed by atoms with van der Waals surface area (Å²) in [6.45, 7) is 1.97. The van der Waals surface area contributed by atoms with Crippen LogP contribution in [-0.4, -0.2) is 15.9 Å². The quantitative estimate of drug-likeness (QED) is 0.382. The lowest BCUT2D eigenvalue weighted by Crippen LogP contribution is -2.29. The Bertz CT molecular complexity index is 1000. The van der Waals surface area contributed by atoms with Gasteiger partial charge in [-0.3, -0.25) is 14.9 Å². The van der Waals surface area contributed by atoms with Gasteiger partial charge in [0.1, 0.15) is 5.75 Å². The number of fused-ring (bicyclic) bond motifs is 3. The molecular weight excluding hydrogens is 370 g/mol. The lowest BCUT2D eigenvalue weighted by molar-refractivity contribution is -0.385. The molecule has 7 heteroatoms. The number of nitro groups is 1. The summed E-state index contributed by atoms with van der Waals surface area (Å²) < 4.78 is 0. The van der Waals surface area contributed by atoms with Gasteiger partial charge in [-0.25, -0.2) is 0 Å². The van der Waals surface area contributed by atoms with Gasteiger partial charge in [0.15, 0.2) is 0 Å². The van der Waals surface area contributed by atoms with Gasteiger partial charge >= 0.3 is 0 Å². The second-order valence-corrected chi connectivity index (χ2v) is 7.58. The predicted octanol–water partition coefficient (Wildman–Crippen LogP) is 4.87. The Morgan fingerprint density at radius 3 is 2.86 bits per heavy atom. The van der Waals surface area contributed by atoms with E-state index in [2.05, 4.69) is 22.8 Å². The number of hydrogen-bond donors (Lipinski definition) is 3. The highest BCUT2D eigenvalue weighted by Gasteiger charge is 2.39. The van der Waals surface area contributed by atoms with Gasteiger partial charge in [0.2, 0.25) is 5.91 Å². The minimum absolute atomic E-state index is 0.00544. The van der Waals surface area contributed by atoms with Gasteiger partial charge in [0.25, 0.3) is 5.69 Å². The second kappa shape index (κ2) is 7.58. The van der Waals surface area contributed by atoms with Crippen molar-refractivity contribution in [3.63, 3.8) is 0 Å². The van der Waals surface area contributed by atoms with Crippen LogP contribution in [0.5, 0.6) is 5.75 Å². The molecule has 29 heavy (non-hydrogen) atoms. The minimum atomic E-state index is -0.449. The first-order chi connectivity index (χ1) is 14.0. The van der Waals surface area contributed by atoms with Crippen LogP contribution in [0.25, 0.3) is 0 Å². The lowest BCUT2D eigenvalue weighted by Gasteiger charge is -2.37. The number of benzene rings is 2. The molecule has 3 unspecified atom stereocenters. The van der Waals surface area contributed by atoms with Crippen molar-refractivity contribution in [2.24, 2.45) is 5.92 Å². The van der Waals surface area contributed by atoms with Crippen LogP contribution in [-0.2, 0) is 4.79 Å². The van der Waals surface area contributed by atoms with Gasteiger partial charge in [-0.05, 0) is 48.6 Å². The number of aromatic hydroxyl groups is 1. The lowest BCUT2D eigenvalue weighted by atomic mass is 9.76. The molecule has 0 fully saturated rings. The average Bonchev–Trinajstić information content (AvgIpc) is 3.18. The monoisotopic (exact) mass is 393 g/mol. The highest BCUT2D eigenvalue weighted by molar-refractivity contribution is 5.91. The van der Waals surface area contributed by atoms with E-state index in [4.69, 9.17) is 0 Å². The Hall–Kier alpha value is -3.35. The van der Waals surface area contributed by atoms with E-state index in [1.807, 2.05) is 25.1 Å². The van der Waals surface area contributed by atoms with Crippen molar-refractivity contribution in [1.29, 1.82) is 0 Å². The van der Waals surface area contributed by atoms with Gasteiger partial charge in [-0.1, -0.05) is 19.1 Å². The van der Waals surface area contributed by atoms with Crippen LogP contribution in [0.2, 0.25) is 0 Å². The Kier molecular flexibility index (Phi) is 4.96. The van der Waals surface area contributed by atoms with Crippen LogP contribution in [0.1, 0.15) is 49.3 Å². The number of nitro benzene ring substituents is 1. The van der Waals surface area contributed by atoms with Gasteiger partial charge in [0.05, 0.1) is 11.0 Å². The third-order valence-electron chi connectivity index (χ3n) is 5.68. The summed E-state index contributed by atoms with van der Waals surface area (Å²) in [5, 5.41) is 28.0. The normalized spacial score (nSPS) is 21.8. The zero-order chi connectivity index (χ0) is 20.5. The van der Waals surface area contributed by atoms with E-state index in [1.54, 1.807) is 0 Å². The van der Waals surface area contributed by atoms with Gasteiger partial charge < -0.3 is 15.7 Å². The van der Waals surface area contributed by atoms with Crippen molar-refractivity contribution in [3.05, 3.63) is 69.8 Å². The maximum absolute atomic E-state index is 11.9. The largest absolute Gasteiger partial charge is 0.508 e. The standard InChI is InChI=1S/C22H23N3O4/c1-2-4-21(27)23-13-7-9-19-17(11-13)15-5-3-6-16(15)22(24-19)18-12-14(25(28)29)8-10-20(18)26/h3,5,7-12,15-16,22,24,26H,2,4,6H2,1H3,(H,23,27). The molecule has 1 heterocycles. The summed E-state index contributed by atoms with van der Waals surface area (Å²) in [7, 11) is 0. The third kappa shape index (κ3) is 3.55. The Morgan fingerprint density at radius 2 is 2.10 bits per heavy atom. The van der Waals surface area contributed by atoms with Crippen LogP contribution in [0, 0.1) is 16.0 Å². The Labute approximate surface area is 168 Å². The number of carbonyl (C=O) groups excluding carboxylic acids is 1. The number of anilines is 2. The van der Waals surface area contributed by atoms with Gasteiger partial charge in [0, 0.05) is 41.4 Å². The molecule has 2 aromatic carbocycles. The van der Waals surface area contributed by atoms with Crippen molar-refractivity contribution >= 4 is 23.0 Å². The van der Waals surface area contributed by atoms with Crippen LogP contribution in [0.15, 0.2) is 48.6 Å². The molecule has 0 saturated carbocycles. The van der Waals surface area contributed by atoms with Crippen molar-refractivity contribution in [2.75, 3.05) is 10.6 Å². The molecule has 2 aliphatic rings. The number of allylic oxidation sites excluding steroid dienone is 2. The number of amides is 1. The van der Waals surface area contributed by atoms with E-state index in [0.29, 0.717) is 12.0 Å². The molecule has 0 aromatic heterocycles. The highest BCUT2D eigenvalue weighted by Crippen LogP contribution is 2.51. The summed E-state index contributed by atoms with van der Waals surface area (Å²) in [4.78, 5) is 22.7. The van der Waals surface area contributed by atoms with Gasteiger partial charge in [-0.2, -0.15) is 0 Å². The number of phenols is 1. The number of nitrogens with zero attached hydrogens (tertiary/aromatic N) is 1. The van der Waals surface area contributed by atoms with E-state index in [9.17, 15) is 20.0 Å². The van der Waals surface area contributed by atoms with E-state index in [1.165, 1.54) is 18.2 Å². The first-order valence-electron chi connectivity index (χ1n) is 9.82. The molecule has 150 valence electrons. The summed E-state index contributed by atoms with van der Waals surface area (Å²) in [6.07, 6.45) is 6.32. The van der Waals surface area contributed by atoms with Crippen molar-refractivity contribution in [1.82, 2.24) is 0 Å². The first-order valence-corrected chi connectivity index (χ1v) is 9.82. The maximum atomic E-state index is 11.9. The highest BCUT2D eigenvalue weighted by atomic mass is 16.6. The summed E-state index contributed by atoms with van der Waals surface area (Å²) >= 11 is 0. The Morgan fingerprint density at radius 1 is 1.28 bits per heavy atom. The molecule has 0 bridgehead atoms. The topological polar surface area (TPSA) is 104 Å². The van der Waals surface area contributed by atoms with E-state index in [-0.39, 0.29) is 35.2 Å². The number of non-ortho nitro benzene ring substituents is 1. The fourth-order valence-electron chi connectivity index (χ4n) is 4.34. The minimum Gasteiger partial charge on any atom is -0.508 e. The molecule has 7 nitrogen and oxygen atoms in total. The zero-order valence-corrected chi connectivity index (χ0v) is 16.1. The number of nitrogens with one attached hydrogen (secondary N) is 2. The molecule has 1 aliphatic carbocycles. The second-order valence-electron chi connectivity index (χ2n) is 7.58. The number of hydrogen-bond acceptors (Lipinski definition) is 5. The first kappa shape index (κ1) is 19.0. The molecule has 1 aliphatic heterocycles. The smallest absolute Gasteiger partial charge is 0.270 e. The summed E-state index contributed by atoms with van der Waals surface area (Å²) in [5.41, 5.74) is 3.24. The number of carbonyl (C=O) groups is 1. The Balaban J connectivity index is 1.69. The van der Waals surface area contributed by atoms with E-state index in [0.717, 1.165) is 29.8 Å². The molecular formula is C22H23N3O4. The molecule has 1 amide bonds. The molecule has 0 spiro atoms. The number of rotatable bonds is 5. The average molecular weight is 393 g/mol. The molecule has 0 radical (unpaired) electrons. The molecule has 3 atom stereocenters. The fraction of sp³-hybridized carbons (Fsp3) is 0.318. The molecule has 2 aromatic rings. The van der Waals surface area contributed by atoms with Crippen LogP contribution >= 0.6 is 0 Å². The zero-order valence-electron chi connectivity index (χ0n) is 16.1. The molecule has 3 N–H and O–H groups in total. The van der Waals surface area contributed by atoms with Crippen molar-refractivity contribution < 1.29 is 14.8 Å². The predicted molar refractivity (Wildman–Crippen MR) is 111 cm³/mol. The third-order valence-corrected chi connectivity index (χ3v) is 5.68. The van der Waals surface area contributed by atoms with Crippen LogP contribution in [0.3, 0.4) is 0 Å². The van der Waals surface area contributed by atoms with E-state index < -0.39 is 4.92 Å². The van der Waals surface area contributed by atoms with Gasteiger partial charge in [-0.15, -0.1) is 0 Å². The molecule has 4 rings (SSSR count). The fourth-order valence-corrected chi connectivity index (χ4v) is 4.34. The van der Waals surface area contributed by atoms with Crippen LogP contribution < -0.4 is 10.6 Å². The SMILES string of the molecule is CCCC(=O)Nc1ccc2c(c1)C1C=CCC1C(c1cc([N+](=O)[O-])ccc1O)N2. The van der Waals surface area contributed by atoms with Crippen LogP contribution in [0.4, 0.5) is 17.1 Å². The molecule has 0 saturated heterocycles. The number of phenolic OH excluding ortho intramolecular Hbond substituents is 1. The maximum Gasteiger partial charge on any atom is 0.270 e. The van der Waals surface area contributed by atoms with Crippen molar-refractivity contribution in [2.45, 2.75) is 38.1 Å². The van der Waals surface area contributed by atoms with E-state index >= 15 is 0 Å². The van der Waals surface area contributed by atoms with Crippen molar-refractivity contribution in [3.8, 4) is 5.75 Å².